The fourth-order valence-corrected chi connectivity index (χ4v) is 1.94. The lowest BCUT2D eigenvalue weighted by molar-refractivity contribution is 0.839. The van der Waals surface area contributed by atoms with Crippen molar-refractivity contribution in [1.82, 2.24) is 4.57 Å². The van der Waals surface area contributed by atoms with Crippen molar-refractivity contribution in [2.24, 2.45) is 12.8 Å². The predicted octanol–water partition coefficient (Wildman–Crippen LogP) is 1.82. The quantitative estimate of drug-likeness (QED) is 0.852. The summed E-state index contributed by atoms with van der Waals surface area (Å²) in [6.45, 7) is 2.32. The molecule has 0 radical (unpaired) electrons. The first kappa shape index (κ1) is 11.6. The fourth-order valence-electron chi connectivity index (χ4n) is 1.94. The average molecular weight is 228 g/mol. The van der Waals surface area contributed by atoms with Crippen molar-refractivity contribution >= 4 is 0 Å². The fraction of sp³-hybridized carbons (Fsp3) is 0.214. The maximum absolute atomic E-state index is 12.0. The van der Waals surface area contributed by atoms with Gasteiger partial charge in [-0.3, -0.25) is 4.79 Å². The number of hydrogen-bond acceptors (Lipinski definition) is 2. The van der Waals surface area contributed by atoms with Gasteiger partial charge in [-0.05, 0) is 24.6 Å². The highest BCUT2D eigenvalue weighted by atomic mass is 16.1. The van der Waals surface area contributed by atoms with E-state index in [-0.39, 0.29) is 12.1 Å². The van der Waals surface area contributed by atoms with E-state index in [0.29, 0.717) is 5.56 Å². The van der Waals surface area contributed by atoms with Crippen molar-refractivity contribution in [2.75, 3.05) is 0 Å². The molecule has 3 nitrogen and oxygen atoms in total. The number of benzene rings is 1. The van der Waals surface area contributed by atoms with Crippen LogP contribution in [0, 0.1) is 6.92 Å². The van der Waals surface area contributed by atoms with E-state index < -0.39 is 0 Å². The molecule has 0 saturated carbocycles. The van der Waals surface area contributed by atoms with Gasteiger partial charge < -0.3 is 10.3 Å². The van der Waals surface area contributed by atoms with E-state index in [1.165, 1.54) is 5.56 Å². The Hall–Kier alpha value is -1.87. The van der Waals surface area contributed by atoms with Crippen molar-refractivity contribution in [3.63, 3.8) is 0 Å². The van der Waals surface area contributed by atoms with Crippen LogP contribution >= 0.6 is 0 Å². The molecule has 0 aliphatic heterocycles. The molecule has 2 N–H and O–H groups in total. The van der Waals surface area contributed by atoms with Gasteiger partial charge >= 0.3 is 0 Å². The van der Waals surface area contributed by atoms with Crippen molar-refractivity contribution in [2.45, 2.75) is 13.5 Å². The molecule has 88 valence electrons. The molecule has 3 heteroatoms. The standard InChI is InChI=1S/C14H16N2O/c1-10-4-3-5-11(8-10)13-7-6-12(9-15)14(17)16(13)2/h3-8H,9,15H2,1-2H3. The molecule has 0 bridgehead atoms. The van der Waals surface area contributed by atoms with E-state index in [9.17, 15) is 4.79 Å². The molecule has 2 rings (SSSR count). The van der Waals surface area contributed by atoms with Crippen LogP contribution in [0.25, 0.3) is 11.3 Å². The zero-order valence-electron chi connectivity index (χ0n) is 10.1. The van der Waals surface area contributed by atoms with E-state index in [0.717, 1.165) is 11.3 Å². The summed E-state index contributed by atoms with van der Waals surface area (Å²) in [5.74, 6) is 0. The number of pyridine rings is 1. The molecule has 0 saturated heterocycles. The minimum atomic E-state index is -0.0218. The second-order valence-electron chi connectivity index (χ2n) is 4.18. The second-order valence-corrected chi connectivity index (χ2v) is 4.18. The zero-order chi connectivity index (χ0) is 12.4. The Labute approximate surface area is 101 Å². The normalized spacial score (nSPS) is 10.5. The third-order valence-corrected chi connectivity index (χ3v) is 2.92. The molecule has 0 amide bonds. The van der Waals surface area contributed by atoms with Gasteiger partial charge in [0.1, 0.15) is 0 Å². The summed E-state index contributed by atoms with van der Waals surface area (Å²) in [6.07, 6.45) is 0. The third-order valence-electron chi connectivity index (χ3n) is 2.92. The van der Waals surface area contributed by atoms with Gasteiger partial charge in [0.2, 0.25) is 0 Å². The molecule has 0 fully saturated rings. The molecule has 0 unspecified atom stereocenters. The summed E-state index contributed by atoms with van der Waals surface area (Å²) in [5.41, 5.74) is 9.28. The Morgan fingerprint density at radius 3 is 2.65 bits per heavy atom. The SMILES string of the molecule is Cc1cccc(-c2ccc(CN)c(=O)n2C)c1. The number of hydrogen-bond donors (Lipinski definition) is 1. The van der Waals surface area contributed by atoms with Gasteiger partial charge in [-0.15, -0.1) is 0 Å². The Morgan fingerprint density at radius 1 is 1.24 bits per heavy atom. The highest BCUT2D eigenvalue weighted by Crippen LogP contribution is 2.18. The number of nitrogens with zero attached hydrogens (tertiary/aromatic N) is 1. The van der Waals surface area contributed by atoms with Crippen molar-refractivity contribution in [1.29, 1.82) is 0 Å². The summed E-state index contributed by atoms with van der Waals surface area (Å²) in [7, 11) is 1.78. The monoisotopic (exact) mass is 228 g/mol. The summed E-state index contributed by atoms with van der Waals surface area (Å²) in [4.78, 5) is 12.0. The van der Waals surface area contributed by atoms with Gasteiger partial charge in [0.05, 0.1) is 5.69 Å². The first-order chi connectivity index (χ1) is 8.13. The van der Waals surface area contributed by atoms with Crippen LogP contribution in [0.1, 0.15) is 11.1 Å². The Kier molecular flexibility index (Phi) is 3.11. The van der Waals surface area contributed by atoms with Crippen LogP contribution in [0.15, 0.2) is 41.2 Å². The number of aromatic nitrogens is 1. The van der Waals surface area contributed by atoms with Crippen LogP contribution in [0.3, 0.4) is 0 Å². The third kappa shape index (κ3) is 2.15. The topological polar surface area (TPSA) is 48.0 Å². The molecular formula is C14H16N2O. The van der Waals surface area contributed by atoms with Gasteiger partial charge in [0.15, 0.2) is 0 Å². The number of aryl methyl sites for hydroxylation is 1. The van der Waals surface area contributed by atoms with Crippen LogP contribution in [0.4, 0.5) is 0 Å². The van der Waals surface area contributed by atoms with Gasteiger partial charge in [0, 0.05) is 19.2 Å². The van der Waals surface area contributed by atoms with Gasteiger partial charge in [-0.2, -0.15) is 0 Å². The molecule has 0 aliphatic rings. The van der Waals surface area contributed by atoms with Crippen LogP contribution in [0.2, 0.25) is 0 Å². The minimum absolute atomic E-state index is 0.0218. The lowest BCUT2D eigenvalue weighted by Crippen LogP contribution is -2.23. The summed E-state index contributed by atoms with van der Waals surface area (Å²) < 4.78 is 1.65. The predicted molar refractivity (Wildman–Crippen MR) is 69.7 cm³/mol. The van der Waals surface area contributed by atoms with Crippen molar-refractivity contribution in [3.8, 4) is 11.3 Å². The molecule has 17 heavy (non-hydrogen) atoms. The van der Waals surface area contributed by atoms with Crippen LogP contribution in [-0.2, 0) is 13.6 Å². The van der Waals surface area contributed by atoms with Gasteiger partial charge in [0.25, 0.3) is 5.56 Å². The smallest absolute Gasteiger partial charge is 0.255 e. The Morgan fingerprint density at radius 2 is 2.00 bits per heavy atom. The lowest BCUT2D eigenvalue weighted by atomic mass is 10.1. The van der Waals surface area contributed by atoms with Crippen LogP contribution < -0.4 is 11.3 Å². The average Bonchev–Trinajstić information content (AvgIpc) is 2.32. The van der Waals surface area contributed by atoms with E-state index in [4.69, 9.17) is 5.73 Å². The second kappa shape index (κ2) is 4.55. The van der Waals surface area contributed by atoms with Crippen molar-refractivity contribution < 1.29 is 0 Å². The van der Waals surface area contributed by atoms with E-state index >= 15 is 0 Å². The van der Waals surface area contributed by atoms with Gasteiger partial charge in [-0.1, -0.05) is 29.8 Å². The zero-order valence-corrected chi connectivity index (χ0v) is 10.1. The maximum atomic E-state index is 12.0. The Balaban J connectivity index is 2.62. The molecular weight excluding hydrogens is 212 g/mol. The molecule has 0 atom stereocenters. The summed E-state index contributed by atoms with van der Waals surface area (Å²) >= 11 is 0. The first-order valence-electron chi connectivity index (χ1n) is 5.59. The molecule has 1 heterocycles. The maximum Gasteiger partial charge on any atom is 0.255 e. The molecule has 2 aromatic rings. The van der Waals surface area contributed by atoms with E-state index in [1.54, 1.807) is 17.7 Å². The molecule has 0 spiro atoms. The summed E-state index contributed by atoms with van der Waals surface area (Å²) in [6, 6.07) is 11.8. The van der Waals surface area contributed by atoms with Gasteiger partial charge in [-0.25, -0.2) is 0 Å². The van der Waals surface area contributed by atoms with E-state index in [1.807, 2.05) is 31.2 Å². The molecule has 1 aromatic heterocycles. The highest BCUT2D eigenvalue weighted by Gasteiger charge is 2.06. The largest absolute Gasteiger partial charge is 0.326 e. The van der Waals surface area contributed by atoms with Crippen molar-refractivity contribution in [3.05, 3.63) is 57.9 Å². The number of rotatable bonds is 2. The van der Waals surface area contributed by atoms with Crippen LogP contribution in [0.5, 0.6) is 0 Å². The molecule has 0 aliphatic carbocycles. The highest BCUT2D eigenvalue weighted by molar-refractivity contribution is 5.60. The Bertz CT molecular complexity index is 599. The molecule has 1 aromatic carbocycles. The minimum Gasteiger partial charge on any atom is -0.326 e. The first-order valence-corrected chi connectivity index (χ1v) is 5.59. The summed E-state index contributed by atoms with van der Waals surface area (Å²) in [5, 5.41) is 0. The van der Waals surface area contributed by atoms with Crippen LogP contribution in [-0.4, -0.2) is 4.57 Å². The lowest BCUT2D eigenvalue weighted by Gasteiger charge is -2.10. The van der Waals surface area contributed by atoms with E-state index in [2.05, 4.69) is 6.07 Å². The number of nitrogens with two attached hydrogens (primary N) is 1.